The SMILES string of the molecule is COCC(CN(C)C)Nc1nc(N)nc2c1CCN(c1ccc(OC)nc1)C2=O. The number of carbonyl (C=O) groups excluding carboxylic acids is 1. The zero-order chi connectivity index (χ0) is 21.0. The van der Waals surface area contributed by atoms with Gasteiger partial charge in [0.1, 0.15) is 11.5 Å². The molecule has 0 radical (unpaired) electrons. The van der Waals surface area contributed by atoms with E-state index in [1.165, 1.54) is 0 Å². The molecular formula is C19H27N7O3. The van der Waals surface area contributed by atoms with E-state index in [1.807, 2.05) is 14.1 Å². The molecule has 156 valence electrons. The number of likely N-dealkylation sites (N-methyl/N-ethyl adjacent to an activating group) is 1. The molecule has 29 heavy (non-hydrogen) atoms. The molecule has 1 aliphatic heterocycles. The molecule has 3 heterocycles. The fourth-order valence-corrected chi connectivity index (χ4v) is 3.36. The second-order valence-electron chi connectivity index (χ2n) is 7.08. The van der Waals surface area contributed by atoms with E-state index in [0.29, 0.717) is 42.7 Å². The minimum absolute atomic E-state index is 0.00711. The molecular weight excluding hydrogens is 374 g/mol. The van der Waals surface area contributed by atoms with Crippen molar-refractivity contribution in [3.05, 3.63) is 29.6 Å². The van der Waals surface area contributed by atoms with E-state index in [-0.39, 0.29) is 17.9 Å². The fourth-order valence-electron chi connectivity index (χ4n) is 3.36. The van der Waals surface area contributed by atoms with E-state index in [0.717, 1.165) is 12.1 Å². The number of anilines is 3. The van der Waals surface area contributed by atoms with Gasteiger partial charge in [-0.2, -0.15) is 4.98 Å². The van der Waals surface area contributed by atoms with Gasteiger partial charge in [-0.05, 0) is 26.6 Å². The first-order valence-corrected chi connectivity index (χ1v) is 9.31. The summed E-state index contributed by atoms with van der Waals surface area (Å²) >= 11 is 0. The van der Waals surface area contributed by atoms with Gasteiger partial charge in [0, 0.05) is 31.8 Å². The monoisotopic (exact) mass is 401 g/mol. The number of nitrogens with zero attached hydrogens (tertiary/aromatic N) is 5. The number of carbonyl (C=O) groups is 1. The van der Waals surface area contributed by atoms with Crippen LogP contribution in [-0.4, -0.2) is 79.8 Å². The van der Waals surface area contributed by atoms with Crippen LogP contribution in [0.3, 0.4) is 0 Å². The van der Waals surface area contributed by atoms with Crippen LogP contribution >= 0.6 is 0 Å². The number of amides is 1. The van der Waals surface area contributed by atoms with Gasteiger partial charge in [-0.3, -0.25) is 4.79 Å². The van der Waals surface area contributed by atoms with E-state index < -0.39 is 0 Å². The van der Waals surface area contributed by atoms with E-state index in [9.17, 15) is 4.79 Å². The average Bonchev–Trinajstić information content (AvgIpc) is 2.68. The van der Waals surface area contributed by atoms with Crippen molar-refractivity contribution in [2.45, 2.75) is 12.5 Å². The molecule has 0 aliphatic carbocycles. The number of nitrogen functional groups attached to an aromatic ring is 1. The number of pyridine rings is 1. The Bertz CT molecular complexity index is 858. The van der Waals surface area contributed by atoms with Crippen LogP contribution in [0.5, 0.6) is 5.88 Å². The van der Waals surface area contributed by atoms with Gasteiger partial charge >= 0.3 is 0 Å². The van der Waals surface area contributed by atoms with Crippen LogP contribution in [0.25, 0.3) is 0 Å². The normalized spacial score (nSPS) is 14.7. The minimum atomic E-state index is -0.230. The summed E-state index contributed by atoms with van der Waals surface area (Å²) < 4.78 is 10.4. The number of rotatable bonds is 8. The molecule has 0 aromatic carbocycles. The summed E-state index contributed by atoms with van der Waals surface area (Å²) in [4.78, 5) is 29.6. The van der Waals surface area contributed by atoms with Crippen LogP contribution in [0.1, 0.15) is 16.1 Å². The molecule has 1 amide bonds. The first-order chi connectivity index (χ1) is 13.9. The Hall–Kier alpha value is -2.98. The van der Waals surface area contributed by atoms with E-state index in [1.54, 1.807) is 37.4 Å². The predicted octanol–water partition coefficient (Wildman–Crippen LogP) is 0.654. The number of nitrogens with two attached hydrogens (primary N) is 1. The zero-order valence-corrected chi connectivity index (χ0v) is 17.2. The van der Waals surface area contributed by atoms with Crippen LogP contribution in [0.2, 0.25) is 0 Å². The van der Waals surface area contributed by atoms with Crippen molar-refractivity contribution in [2.75, 3.05) is 64.0 Å². The highest BCUT2D eigenvalue weighted by atomic mass is 16.5. The Labute approximate surface area is 170 Å². The Morgan fingerprint density at radius 2 is 2.10 bits per heavy atom. The minimum Gasteiger partial charge on any atom is -0.481 e. The summed E-state index contributed by atoms with van der Waals surface area (Å²) in [6.45, 7) is 1.73. The third-order valence-corrected chi connectivity index (χ3v) is 4.59. The van der Waals surface area contributed by atoms with Crippen molar-refractivity contribution in [3.63, 3.8) is 0 Å². The summed E-state index contributed by atoms with van der Waals surface area (Å²) in [5.41, 5.74) is 7.67. The number of aromatic nitrogens is 3. The number of nitrogens with one attached hydrogen (secondary N) is 1. The van der Waals surface area contributed by atoms with Crippen molar-refractivity contribution < 1.29 is 14.3 Å². The largest absolute Gasteiger partial charge is 0.481 e. The molecule has 0 bridgehead atoms. The zero-order valence-electron chi connectivity index (χ0n) is 17.2. The Morgan fingerprint density at radius 3 is 2.72 bits per heavy atom. The topological polar surface area (TPSA) is 119 Å². The Balaban J connectivity index is 1.89. The molecule has 1 atom stereocenters. The average molecular weight is 401 g/mol. The first-order valence-electron chi connectivity index (χ1n) is 9.31. The molecule has 10 nitrogen and oxygen atoms in total. The summed E-state index contributed by atoms with van der Waals surface area (Å²) in [5.74, 6) is 0.889. The second-order valence-corrected chi connectivity index (χ2v) is 7.08. The van der Waals surface area contributed by atoms with E-state index in [4.69, 9.17) is 15.2 Å². The summed E-state index contributed by atoms with van der Waals surface area (Å²) in [5, 5.41) is 3.37. The van der Waals surface area contributed by atoms with Crippen LogP contribution in [0, 0.1) is 0 Å². The number of ether oxygens (including phenoxy) is 2. The van der Waals surface area contributed by atoms with Crippen LogP contribution in [-0.2, 0) is 11.2 Å². The van der Waals surface area contributed by atoms with Gasteiger partial charge in [0.25, 0.3) is 5.91 Å². The van der Waals surface area contributed by atoms with E-state index >= 15 is 0 Å². The van der Waals surface area contributed by atoms with E-state index in [2.05, 4.69) is 25.2 Å². The summed E-state index contributed by atoms with van der Waals surface area (Å²) in [6, 6.07) is 3.51. The van der Waals surface area contributed by atoms with Crippen LogP contribution < -0.4 is 20.7 Å². The molecule has 10 heteroatoms. The Kier molecular flexibility index (Phi) is 6.45. The van der Waals surface area contributed by atoms with Crippen molar-refractivity contribution in [1.29, 1.82) is 0 Å². The number of fused-ring (bicyclic) bond motifs is 1. The molecule has 0 saturated heterocycles. The van der Waals surface area contributed by atoms with Crippen molar-refractivity contribution in [3.8, 4) is 5.88 Å². The lowest BCUT2D eigenvalue weighted by atomic mass is 10.0. The maximum absolute atomic E-state index is 13.1. The van der Waals surface area contributed by atoms with Gasteiger partial charge in [-0.15, -0.1) is 0 Å². The van der Waals surface area contributed by atoms with Gasteiger partial charge in [-0.1, -0.05) is 0 Å². The molecule has 2 aromatic rings. The molecule has 1 aliphatic rings. The van der Waals surface area contributed by atoms with Crippen molar-refractivity contribution in [1.82, 2.24) is 19.9 Å². The first kappa shape index (κ1) is 20.7. The van der Waals surface area contributed by atoms with Crippen LogP contribution in [0.15, 0.2) is 18.3 Å². The number of hydrogen-bond acceptors (Lipinski definition) is 9. The van der Waals surface area contributed by atoms with Gasteiger partial charge in [-0.25, -0.2) is 9.97 Å². The highest BCUT2D eigenvalue weighted by Crippen LogP contribution is 2.28. The highest BCUT2D eigenvalue weighted by Gasteiger charge is 2.31. The van der Waals surface area contributed by atoms with Crippen molar-refractivity contribution in [2.24, 2.45) is 0 Å². The second kappa shape index (κ2) is 9.01. The standard InChI is InChI=1S/C19H27N7O3/c1-25(2)10-12(11-28-3)22-17-14-7-8-26(13-5-6-15(29-4)21-9-13)18(27)16(14)23-19(20)24-17/h5-6,9,12H,7-8,10-11H2,1-4H3,(H3,20,22,23,24). The molecule has 0 spiro atoms. The van der Waals surface area contributed by atoms with Crippen molar-refractivity contribution >= 4 is 23.4 Å². The third kappa shape index (κ3) is 4.72. The molecule has 0 fully saturated rings. The molecule has 3 rings (SSSR count). The maximum atomic E-state index is 13.1. The van der Waals surface area contributed by atoms with Crippen LogP contribution in [0.4, 0.5) is 17.5 Å². The molecule has 0 saturated carbocycles. The van der Waals surface area contributed by atoms with Gasteiger partial charge in [0.15, 0.2) is 0 Å². The van der Waals surface area contributed by atoms with Gasteiger partial charge in [0.05, 0.1) is 31.6 Å². The lowest BCUT2D eigenvalue weighted by Crippen LogP contribution is -2.41. The highest BCUT2D eigenvalue weighted by molar-refractivity contribution is 6.07. The number of hydrogen-bond donors (Lipinski definition) is 2. The number of methoxy groups -OCH3 is 2. The Morgan fingerprint density at radius 1 is 1.31 bits per heavy atom. The predicted molar refractivity (Wildman–Crippen MR) is 110 cm³/mol. The quantitative estimate of drug-likeness (QED) is 0.657. The fraction of sp³-hybridized carbons (Fsp3) is 0.474. The molecule has 2 aromatic heterocycles. The van der Waals surface area contributed by atoms with Gasteiger partial charge in [0.2, 0.25) is 11.8 Å². The summed E-state index contributed by atoms with van der Waals surface area (Å²) in [7, 11) is 7.17. The molecule has 3 N–H and O–H groups in total. The summed E-state index contributed by atoms with van der Waals surface area (Å²) in [6.07, 6.45) is 2.20. The lowest BCUT2D eigenvalue weighted by molar-refractivity contribution is 0.0975. The lowest BCUT2D eigenvalue weighted by Gasteiger charge is -2.30. The smallest absolute Gasteiger partial charge is 0.277 e. The van der Waals surface area contributed by atoms with Gasteiger partial charge < -0.3 is 30.3 Å². The third-order valence-electron chi connectivity index (χ3n) is 4.59. The maximum Gasteiger partial charge on any atom is 0.277 e. The molecule has 1 unspecified atom stereocenters.